The number of nitrogens with zero attached hydrogens (tertiary/aromatic N) is 1. The Hall–Kier alpha value is -1.99. The Labute approximate surface area is 158 Å². The fourth-order valence-electron chi connectivity index (χ4n) is 2.32. The molecule has 1 heterocycles. The van der Waals surface area contributed by atoms with E-state index in [4.69, 9.17) is 9.47 Å². The van der Waals surface area contributed by atoms with Crippen LogP contribution in [0, 0.1) is 0 Å². The number of rotatable bonds is 11. The summed E-state index contributed by atoms with van der Waals surface area (Å²) >= 11 is 1.48. The Morgan fingerprint density at radius 1 is 1.27 bits per heavy atom. The molecule has 7 heteroatoms. The van der Waals surface area contributed by atoms with Gasteiger partial charge in [0.05, 0.1) is 6.20 Å². The van der Waals surface area contributed by atoms with Crippen LogP contribution in [0.15, 0.2) is 40.4 Å². The van der Waals surface area contributed by atoms with E-state index in [0.717, 1.165) is 36.3 Å². The molecular weight excluding hydrogens is 350 g/mol. The van der Waals surface area contributed by atoms with Crippen molar-refractivity contribution < 1.29 is 9.47 Å². The maximum absolute atomic E-state index is 12.3. The summed E-state index contributed by atoms with van der Waals surface area (Å²) in [4.78, 5) is 19.3. The Morgan fingerprint density at radius 2 is 2.04 bits per heavy atom. The second-order valence-electron chi connectivity index (χ2n) is 5.76. The molecule has 0 fully saturated rings. The van der Waals surface area contributed by atoms with Gasteiger partial charge in [0.2, 0.25) is 5.75 Å². The molecule has 2 rings (SSSR count). The van der Waals surface area contributed by atoms with Gasteiger partial charge < -0.3 is 14.8 Å². The smallest absolute Gasteiger partial charge is 0.294 e. The zero-order valence-corrected chi connectivity index (χ0v) is 16.4. The van der Waals surface area contributed by atoms with Crippen LogP contribution in [0.1, 0.15) is 38.7 Å². The van der Waals surface area contributed by atoms with Crippen molar-refractivity contribution in [2.75, 3.05) is 19.0 Å². The monoisotopic (exact) mass is 377 g/mol. The second-order valence-corrected chi connectivity index (χ2v) is 6.73. The van der Waals surface area contributed by atoms with Gasteiger partial charge in [-0.2, -0.15) is 0 Å². The average Bonchev–Trinajstić information content (AvgIpc) is 2.66. The van der Waals surface area contributed by atoms with E-state index in [0.29, 0.717) is 11.8 Å². The van der Waals surface area contributed by atoms with Crippen LogP contribution in [-0.2, 0) is 10.5 Å². The molecule has 0 spiro atoms. The molecule has 0 saturated heterocycles. The molecule has 0 radical (unpaired) electrons. The second kappa shape index (κ2) is 10.9. The lowest BCUT2D eigenvalue weighted by Crippen LogP contribution is -2.24. The van der Waals surface area contributed by atoms with Crippen LogP contribution in [0.2, 0.25) is 0 Å². The van der Waals surface area contributed by atoms with Crippen LogP contribution in [0.25, 0.3) is 0 Å². The van der Waals surface area contributed by atoms with Gasteiger partial charge in [0.25, 0.3) is 5.56 Å². The molecule has 1 aromatic heterocycles. The lowest BCUT2D eigenvalue weighted by Gasteiger charge is -2.17. The number of aromatic amines is 1. The summed E-state index contributed by atoms with van der Waals surface area (Å²) in [6.07, 6.45) is 3.85. The largest absolute Gasteiger partial charge is 0.458 e. The zero-order chi connectivity index (χ0) is 18.8. The van der Waals surface area contributed by atoms with E-state index in [2.05, 4.69) is 34.3 Å². The molecule has 1 atom stereocenters. The normalized spacial score (nSPS) is 12.0. The minimum Gasteiger partial charge on any atom is -0.458 e. The highest BCUT2D eigenvalue weighted by atomic mass is 32.2. The van der Waals surface area contributed by atoms with Crippen LogP contribution < -0.4 is 15.6 Å². The van der Waals surface area contributed by atoms with Crippen molar-refractivity contribution >= 4 is 17.4 Å². The lowest BCUT2D eigenvalue weighted by molar-refractivity contribution is -0.0815. The molecule has 26 heavy (non-hydrogen) atoms. The Bertz CT molecular complexity index is 719. The van der Waals surface area contributed by atoms with E-state index >= 15 is 0 Å². The molecule has 0 bridgehead atoms. The van der Waals surface area contributed by atoms with Crippen molar-refractivity contribution in [1.29, 1.82) is 0 Å². The molecule has 2 N–H and O–H groups in total. The molecule has 1 aromatic carbocycles. The third kappa shape index (κ3) is 6.38. The molecule has 0 saturated carbocycles. The van der Waals surface area contributed by atoms with Crippen molar-refractivity contribution in [2.24, 2.45) is 0 Å². The number of hydrogen-bond acceptors (Lipinski definition) is 6. The highest BCUT2D eigenvalue weighted by Crippen LogP contribution is 2.20. The van der Waals surface area contributed by atoms with Crippen molar-refractivity contribution in [3.8, 4) is 5.75 Å². The molecule has 0 aliphatic carbocycles. The first-order valence-electron chi connectivity index (χ1n) is 8.93. The molecule has 0 aliphatic rings. The van der Waals surface area contributed by atoms with Gasteiger partial charge in [-0.15, -0.1) is 0 Å². The number of anilines is 1. The summed E-state index contributed by atoms with van der Waals surface area (Å²) in [6, 6.07) is 8.14. The Balaban J connectivity index is 1.95. The molecule has 142 valence electrons. The van der Waals surface area contributed by atoms with Crippen LogP contribution in [-0.4, -0.2) is 29.9 Å². The molecule has 6 nitrogen and oxygen atoms in total. The summed E-state index contributed by atoms with van der Waals surface area (Å²) in [7, 11) is 1.89. The highest BCUT2D eigenvalue weighted by Gasteiger charge is 2.13. The van der Waals surface area contributed by atoms with Gasteiger partial charge in [-0.3, -0.25) is 9.78 Å². The number of benzene rings is 1. The van der Waals surface area contributed by atoms with Crippen LogP contribution >= 0.6 is 11.8 Å². The van der Waals surface area contributed by atoms with Crippen LogP contribution in [0.5, 0.6) is 5.75 Å². The molecule has 1 unspecified atom stereocenters. The Kier molecular flexibility index (Phi) is 8.50. The quantitative estimate of drug-likeness (QED) is 0.350. The zero-order valence-electron chi connectivity index (χ0n) is 15.6. The number of aromatic nitrogens is 2. The summed E-state index contributed by atoms with van der Waals surface area (Å²) in [5.74, 6) is 0.924. The SMILES string of the molecule is CCCCC(OCC)Oc1cnc(SCc2ccc(NC)cc2)[nH]c1=O. The third-order valence-electron chi connectivity index (χ3n) is 3.77. The summed E-state index contributed by atoms with van der Waals surface area (Å²) in [6.45, 7) is 4.56. The fraction of sp³-hybridized carbons (Fsp3) is 0.474. The van der Waals surface area contributed by atoms with E-state index < -0.39 is 6.29 Å². The summed E-state index contributed by atoms with van der Waals surface area (Å²) in [5.41, 5.74) is 1.95. The van der Waals surface area contributed by atoms with Crippen LogP contribution in [0.3, 0.4) is 0 Å². The van der Waals surface area contributed by atoms with E-state index in [1.807, 2.05) is 26.1 Å². The predicted molar refractivity (Wildman–Crippen MR) is 106 cm³/mol. The van der Waals surface area contributed by atoms with Gasteiger partial charge in [-0.1, -0.05) is 37.2 Å². The number of ether oxygens (including phenoxy) is 2. The van der Waals surface area contributed by atoms with E-state index in [9.17, 15) is 4.79 Å². The van der Waals surface area contributed by atoms with Crippen molar-refractivity contribution in [1.82, 2.24) is 9.97 Å². The van der Waals surface area contributed by atoms with Gasteiger partial charge in [-0.05, 0) is 31.0 Å². The van der Waals surface area contributed by atoms with Gasteiger partial charge in [0.1, 0.15) is 0 Å². The number of nitrogens with one attached hydrogen (secondary N) is 2. The van der Waals surface area contributed by atoms with Gasteiger partial charge in [0, 0.05) is 31.5 Å². The van der Waals surface area contributed by atoms with Gasteiger partial charge >= 0.3 is 0 Å². The third-order valence-corrected chi connectivity index (χ3v) is 4.72. The van der Waals surface area contributed by atoms with E-state index in [1.54, 1.807) is 0 Å². The number of thioether (sulfide) groups is 1. The number of H-pyrrole nitrogens is 1. The van der Waals surface area contributed by atoms with E-state index in [1.165, 1.54) is 18.0 Å². The predicted octanol–water partition coefficient (Wildman–Crippen LogP) is 4.04. The van der Waals surface area contributed by atoms with Crippen molar-refractivity contribution in [3.63, 3.8) is 0 Å². The first-order chi connectivity index (χ1) is 12.7. The first kappa shape index (κ1) is 20.3. The van der Waals surface area contributed by atoms with Crippen molar-refractivity contribution in [3.05, 3.63) is 46.4 Å². The fourth-order valence-corrected chi connectivity index (χ4v) is 3.11. The molecule has 0 aliphatic heterocycles. The lowest BCUT2D eigenvalue weighted by atomic mass is 10.2. The van der Waals surface area contributed by atoms with Crippen LogP contribution in [0.4, 0.5) is 5.69 Å². The number of unbranched alkanes of at least 4 members (excludes halogenated alkanes) is 1. The molecule has 2 aromatic rings. The van der Waals surface area contributed by atoms with Gasteiger partial charge in [-0.25, -0.2) is 4.98 Å². The molecular formula is C19H27N3O3S. The summed E-state index contributed by atoms with van der Waals surface area (Å²) < 4.78 is 11.2. The van der Waals surface area contributed by atoms with Gasteiger partial charge in [0.15, 0.2) is 11.4 Å². The minimum atomic E-state index is -0.410. The maximum Gasteiger partial charge on any atom is 0.294 e. The standard InChI is InChI=1S/C19H27N3O3S/c1-4-6-7-17(24-5-2)25-16-12-21-19(22-18(16)23)26-13-14-8-10-15(20-3)11-9-14/h8-12,17,20H,4-7,13H2,1-3H3,(H,21,22,23). The highest BCUT2D eigenvalue weighted by molar-refractivity contribution is 7.98. The summed E-state index contributed by atoms with van der Waals surface area (Å²) in [5, 5.41) is 3.66. The van der Waals surface area contributed by atoms with E-state index in [-0.39, 0.29) is 11.3 Å². The molecule has 0 amide bonds. The van der Waals surface area contributed by atoms with Crippen molar-refractivity contribution in [2.45, 2.75) is 50.3 Å². The topological polar surface area (TPSA) is 76.2 Å². The maximum atomic E-state index is 12.3. The first-order valence-corrected chi connectivity index (χ1v) is 9.91. The Morgan fingerprint density at radius 3 is 2.65 bits per heavy atom. The average molecular weight is 378 g/mol. The number of hydrogen-bond donors (Lipinski definition) is 2. The minimum absolute atomic E-state index is 0.197.